The van der Waals surface area contributed by atoms with Gasteiger partial charge in [0, 0.05) is 0 Å². The van der Waals surface area contributed by atoms with Crippen LogP contribution in [-0.4, -0.2) is 11.0 Å². The van der Waals surface area contributed by atoms with E-state index >= 15 is 0 Å². The first-order valence-electron chi connectivity index (χ1n) is 5.61. The lowest BCUT2D eigenvalue weighted by atomic mass is 10.1. The Morgan fingerprint density at radius 2 is 2.10 bits per heavy atom. The Balaban J connectivity index is 2.16. The zero-order valence-corrected chi connectivity index (χ0v) is 10.9. The minimum Gasteiger partial charge on any atom is -0.426 e. The average molecular weight is 291 g/mol. The van der Waals surface area contributed by atoms with Crippen molar-refractivity contribution in [2.45, 2.75) is 6.42 Å². The van der Waals surface area contributed by atoms with Crippen LogP contribution in [-0.2, 0) is 11.2 Å². The van der Waals surface area contributed by atoms with E-state index in [4.69, 9.17) is 21.6 Å². The van der Waals surface area contributed by atoms with Gasteiger partial charge in [0.2, 0.25) is 0 Å². The molecule has 0 radical (unpaired) electrons. The highest BCUT2D eigenvalue weighted by Gasteiger charge is 2.15. The molecule has 0 amide bonds. The number of hydrogen-bond donors (Lipinski definition) is 0. The van der Waals surface area contributed by atoms with Crippen molar-refractivity contribution in [3.63, 3.8) is 0 Å². The van der Waals surface area contributed by atoms with Crippen LogP contribution in [0.3, 0.4) is 0 Å². The Kier molecular flexibility index (Phi) is 4.28. The maximum atomic E-state index is 13.2. The fraction of sp³-hybridized carbons (Fsp3) is 0.0714. The second kappa shape index (κ2) is 6.13. The van der Waals surface area contributed by atoms with Gasteiger partial charge in [-0.2, -0.15) is 5.26 Å². The van der Waals surface area contributed by atoms with Crippen molar-refractivity contribution in [1.29, 1.82) is 5.26 Å². The Bertz CT molecular complexity index is 684. The summed E-state index contributed by atoms with van der Waals surface area (Å²) in [4.78, 5) is 15.4. The summed E-state index contributed by atoms with van der Waals surface area (Å²) in [6.45, 7) is 0. The predicted octanol–water partition coefficient (Wildman–Crippen LogP) is 2.89. The zero-order chi connectivity index (χ0) is 14.5. The SMILES string of the molecule is N#Cc1cc(F)c(Cl)nc1CC(=O)Oc1ccccc1. The molecule has 0 saturated heterocycles. The van der Waals surface area contributed by atoms with E-state index in [0.29, 0.717) is 5.75 Å². The molecule has 0 aliphatic carbocycles. The Labute approximate surface area is 119 Å². The number of hydrogen-bond acceptors (Lipinski definition) is 4. The van der Waals surface area contributed by atoms with Crippen molar-refractivity contribution in [3.8, 4) is 11.8 Å². The first-order chi connectivity index (χ1) is 9.60. The molecule has 1 aromatic heterocycles. The molecule has 1 heterocycles. The Hall–Kier alpha value is -2.45. The topological polar surface area (TPSA) is 63.0 Å². The lowest BCUT2D eigenvalue weighted by molar-refractivity contribution is -0.133. The van der Waals surface area contributed by atoms with Crippen molar-refractivity contribution in [1.82, 2.24) is 4.98 Å². The number of nitriles is 1. The van der Waals surface area contributed by atoms with Crippen molar-refractivity contribution in [2.24, 2.45) is 0 Å². The van der Waals surface area contributed by atoms with Gasteiger partial charge in [-0.15, -0.1) is 0 Å². The maximum absolute atomic E-state index is 13.2. The molecule has 100 valence electrons. The molecule has 0 unspecified atom stereocenters. The molecule has 4 nitrogen and oxygen atoms in total. The monoisotopic (exact) mass is 290 g/mol. The highest BCUT2D eigenvalue weighted by molar-refractivity contribution is 6.29. The van der Waals surface area contributed by atoms with Gasteiger partial charge in [-0.1, -0.05) is 29.8 Å². The molecule has 20 heavy (non-hydrogen) atoms. The summed E-state index contributed by atoms with van der Waals surface area (Å²) in [7, 11) is 0. The van der Waals surface area contributed by atoms with Crippen LogP contribution in [0.5, 0.6) is 5.75 Å². The van der Waals surface area contributed by atoms with Crippen molar-refractivity contribution < 1.29 is 13.9 Å². The van der Waals surface area contributed by atoms with Crippen molar-refractivity contribution >= 4 is 17.6 Å². The number of ether oxygens (including phenoxy) is 1. The predicted molar refractivity (Wildman–Crippen MR) is 69.7 cm³/mol. The van der Waals surface area contributed by atoms with Crippen molar-refractivity contribution in [3.05, 3.63) is 58.6 Å². The summed E-state index contributed by atoms with van der Waals surface area (Å²) in [6, 6.07) is 11.2. The lowest BCUT2D eigenvalue weighted by Crippen LogP contribution is -2.13. The van der Waals surface area contributed by atoms with Gasteiger partial charge in [0.15, 0.2) is 11.0 Å². The summed E-state index contributed by atoms with van der Waals surface area (Å²) in [5.41, 5.74) is 0.0387. The normalized spacial score (nSPS) is 9.85. The number of rotatable bonds is 3. The third kappa shape index (κ3) is 3.31. The molecule has 6 heteroatoms. The minimum absolute atomic E-state index is 0.0445. The number of para-hydroxylation sites is 1. The van der Waals surface area contributed by atoms with Crippen LogP contribution in [0.2, 0.25) is 5.15 Å². The molecule has 0 fully saturated rings. The largest absolute Gasteiger partial charge is 0.426 e. The van der Waals surface area contributed by atoms with Gasteiger partial charge in [0.1, 0.15) is 11.8 Å². The van der Waals surface area contributed by atoms with Gasteiger partial charge < -0.3 is 4.74 Å². The number of aromatic nitrogens is 1. The molecular formula is C14H8ClFN2O2. The van der Waals surface area contributed by atoms with E-state index in [2.05, 4.69) is 4.98 Å². The second-order valence-corrected chi connectivity index (χ2v) is 4.19. The van der Waals surface area contributed by atoms with E-state index in [1.807, 2.05) is 0 Å². The molecule has 2 rings (SSSR count). The van der Waals surface area contributed by atoms with E-state index in [1.54, 1.807) is 36.4 Å². The minimum atomic E-state index is -0.802. The number of esters is 1. The van der Waals surface area contributed by atoms with E-state index in [9.17, 15) is 9.18 Å². The van der Waals surface area contributed by atoms with Gasteiger partial charge in [0.25, 0.3) is 0 Å². The van der Waals surface area contributed by atoms with Gasteiger partial charge in [-0.25, -0.2) is 9.37 Å². The number of carbonyl (C=O) groups is 1. The van der Waals surface area contributed by atoms with Crippen LogP contribution in [0.25, 0.3) is 0 Å². The molecule has 0 N–H and O–H groups in total. The molecule has 0 bridgehead atoms. The summed E-state index contributed by atoms with van der Waals surface area (Å²) in [5.74, 6) is -1.03. The van der Waals surface area contributed by atoms with E-state index in [-0.39, 0.29) is 22.8 Å². The lowest BCUT2D eigenvalue weighted by Gasteiger charge is -2.05. The van der Waals surface area contributed by atoms with E-state index in [0.717, 1.165) is 6.07 Å². The molecule has 0 saturated carbocycles. The quantitative estimate of drug-likeness (QED) is 0.495. The number of halogens is 2. The molecule has 0 aliphatic rings. The molecule has 1 aromatic carbocycles. The van der Waals surface area contributed by atoms with E-state index < -0.39 is 11.8 Å². The standard InChI is InChI=1S/C14H8ClFN2O2/c15-14-11(16)6-9(8-17)12(18-14)7-13(19)20-10-4-2-1-3-5-10/h1-6H,7H2. The van der Waals surface area contributed by atoms with Crippen LogP contribution in [0.15, 0.2) is 36.4 Å². The zero-order valence-electron chi connectivity index (χ0n) is 10.1. The van der Waals surface area contributed by atoms with Crippen LogP contribution in [0.1, 0.15) is 11.3 Å². The van der Waals surface area contributed by atoms with Crippen LogP contribution in [0.4, 0.5) is 4.39 Å². The number of benzene rings is 1. The average Bonchev–Trinajstić information content (AvgIpc) is 2.43. The Morgan fingerprint density at radius 1 is 1.40 bits per heavy atom. The van der Waals surface area contributed by atoms with Crippen LogP contribution >= 0.6 is 11.6 Å². The van der Waals surface area contributed by atoms with E-state index in [1.165, 1.54) is 0 Å². The fourth-order valence-electron chi connectivity index (χ4n) is 1.53. The highest BCUT2D eigenvalue weighted by Crippen LogP contribution is 2.17. The molecule has 0 atom stereocenters. The first-order valence-corrected chi connectivity index (χ1v) is 5.98. The van der Waals surface area contributed by atoms with Gasteiger partial charge in [0.05, 0.1) is 17.7 Å². The smallest absolute Gasteiger partial charge is 0.317 e. The molecular weight excluding hydrogens is 283 g/mol. The summed E-state index contributed by atoms with van der Waals surface area (Å²) in [5, 5.41) is 8.50. The second-order valence-electron chi connectivity index (χ2n) is 3.83. The molecule has 0 spiro atoms. The summed E-state index contributed by atoms with van der Waals surface area (Å²) < 4.78 is 18.2. The summed E-state index contributed by atoms with van der Waals surface area (Å²) >= 11 is 5.54. The third-order valence-corrected chi connectivity index (χ3v) is 2.68. The van der Waals surface area contributed by atoms with Gasteiger partial charge in [-0.05, 0) is 18.2 Å². The number of carbonyl (C=O) groups excluding carboxylic acids is 1. The maximum Gasteiger partial charge on any atom is 0.317 e. The number of nitrogens with zero attached hydrogens (tertiary/aromatic N) is 2. The van der Waals surface area contributed by atoms with Crippen LogP contribution < -0.4 is 4.74 Å². The van der Waals surface area contributed by atoms with Gasteiger partial charge in [-0.3, -0.25) is 4.79 Å². The third-order valence-electron chi connectivity index (χ3n) is 2.42. The molecule has 0 aliphatic heterocycles. The van der Waals surface area contributed by atoms with Crippen LogP contribution in [0, 0.1) is 17.1 Å². The summed E-state index contributed by atoms with van der Waals surface area (Å²) in [6.07, 6.45) is -0.266. The fourth-order valence-corrected chi connectivity index (χ4v) is 1.68. The first kappa shape index (κ1) is 14.0. The number of pyridine rings is 1. The molecule has 2 aromatic rings. The van der Waals surface area contributed by atoms with Crippen molar-refractivity contribution in [2.75, 3.05) is 0 Å². The van der Waals surface area contributed by atoms with Gasteiger partial charge >= 0.3 is 5.97 Å². The highest BCUT2D eigenvalue weighted by atomic mass is 35.5. The Morgan fingerprint density at radius 3 is 2.75 bits per heavy atom.